The molecule has 0 unspecified atom stereocenters. The van der Waals surface area contributed by atoms with Gasteiger partial charge < -0.3 is 15.6 Å². The van der Waals surface area contributed by atoms with Crippen LogP contribution in [0.3, 0.4) is 0 Å². The summed E-state index contributed by atoms with van der Waals surface area (Å²) in [5.74, 6) is -0.792. The van der Waals surface area contributed by atoms with Gasteiger partial charge in [0.2, 0.25) is 0 Å². The highest BCUT2D eigenvalue weighted by molar-refractivity contribution is 7.80. The van der Waals surface area contributed by atoms with Gasteiger partial charge in [0.1, 0.15) is 16.3 Å². The molecule has 0 saturated heterocycles. The van der Waals surface area contributed by atoms with Crippen LogP contribution in [0.5, 0.6) is 5.75 Å². The third-order valence-corrected chi connectivity index (χ3v) is 1.92. The zero-order valence-corrected chi connectivity index (χ0v) is 8.30. The number of benzene rings is 1. The molecule has 0 atom stereocenters. The quantitative estimate of drug-likeness (QED) is 0.559. The second-order valence-electron chi connectivity index (χ2n) is 2.59. The lowest BCUT2D eigenvalue weighted by Crippen LogP contribution is -2.10. The van der Waals surface area contributed by atoms with Crippen LogP contribution in [-0.2, 0) is 4.74 Å². The number of esters is 1. The fourth-order valence-corrected chi connectivity index (χ4v) is 1.09. The van der Waals surface area contributed by atoms with Gasteiger partial charge in [-0.2, -0.15) is 0 Å². The average Bonchev–Trinajstić information content (AvgIpc) is 2.16. The van der Waals surface area contributed by atoms with Gasteiger partial charge >= 0.3 is 5.97 Å². The van der Waals surface area contributed by atoms with Crippen molar-refractivity contribution in [2.45, 2.75) is 0 Å². The maximum atomic E-state index is 11.1. The lowest BCUT2D eigenvalue weighted by Gasteiger charge is -2.04. The Morgan fingerprint density at radius 1 is 1.57 bits per heavy atom. The largest absolute Gasteiger partial charge is 0.507 e. The molecule has 0 saturated carbocycles. The fraction of sp³-hybridized carbons (Fsp3) is 0.111. The van der Waals surface area contributed by atoms with E-state index in [1.54, 1.807) is 6.07 Å². The van der Waals surface area contributed by atoms with Gasteiger partial charge in [0.15, 0.2) is 0 Å². The van der Waals surface area contributed by atoms with Crippen LogP contribution in [0.2, 0.25) is 0 Å². The molecule has 0 fully saturated rings. The smallest absolute Gasteiger partial charge is 0.341 e. The molecule has 1 aromatic rings. The Labute approximate surface area is 86.3 Å². The summed E-state index contributed by atoms with van der Waals surface area (Å²) in [6.07, 6.45) is 0. The molecule has 0 aliphatic rings. The van der Waals surface area contributed by atoms with Crippen LogP contribution in [0.15, 0.2) is 18.2 Å². The van der Waals surface area contributed by atoms with E-state index in [2.05, 4.69) is 4.74 Å². The minimum absolute atomic E-state index is 0.0903. The Hall–Kier alpha value is -1.62. The number of aromatic hydroxyl groups is 1. The third kappa shape index (κ3) is 2.00. The molecule has 0 aromatic heterocycles. The molecule has 0 amide bonds. The van der Waals surface area contributed by atoms with Crippen molar-refractivity contribution in [3.8, 4) is 5.75 Å². The number of thiocarbonyl (C=S) groups is 1. The number of methoxy groups -OCH3 is 1. The summed E-state index contributed by atoms with van der Waals surface area (Å²) >= 11 is 4.71. The van der Waals surface area contributed by atoms with E-state index in [0.29, 0.717) is 5.56 Å². The van der Waals surface area contributed by atoms with E-state index in [1.165, 1.54) is 19.2 Å². The standard InChI is InChI=1S/C9H9NO3S/c1-13-9(12)6-3-2-5(8(10)14)4-7(6)11/h2-4,11H,1H3,(H2,10,14). The van der Waals surface area contributed by atoms with Crippen LogP contribution in [-0.4, -0.2) is 23.2 Å². The van der Waals surface area contributed by atoms with E-state index < -0.39 is 5.97 Å². The molecule has 0 aliphatic heterocycles. The molecule has 4 nitrogen and oxygen atoms in total. The van der Waals surface area contributed by atoms with Crippen molar-refractivity contribution in [1.82, 2.24) is 0 Å². The molecule has 3 N–H and O–H groups in total. The molecule has 14 heavy (non-hydrogen) atoms. The Bertz CT molecular complexity index is 390. The number of rotatable bonds is 2. The van der Waals surface area contributed by atoms with Crippen LogP contribution in [0.4, 0.5) is 0 Å². The maximum absolute atomic E-state index is 11.1. The van der Waals surface area contributed by atoms with Gasteiger partial charge in [-0.3, -0.25) is 0 Å². The van der Waals surface area contributed by atoms with E-state index in [4.69, 9.17) is 18.0 Å². The van der Waals surface area contributed by atoms with Gasteiger partial charge in [0, 0.05) is 5.56 Å². The van der Waals surface area contributed by atoms with E-state index in [-0.39, 0.29) is 16.3 Å². The van der Waals surface area contributed by atoms with Crippen LogP contribution in [0, 0.1) is 0 Å². The molecular formula is C9H9NO3S. The predicted molar refractivity (Wildman–Crippen MR) is 55.3 cm³/mol. The van der Waals surface area contributed by atoms with Crippen molar-refractivity contribution in [1.29, 1.82) is 0 Å². The molecule has 0 heterocycles. The number of hydrogen-bond donors (Lipinski definition) is 2. The second-order valence-corrected chi connectivity index (χ2v) is 3.03. The van der Waals surface area contributed by atoms with Gasteiger partial charge in [-0.1, -0.05) is 18.3 Å². The molecule has 1 rings (SSSR count). The second kappa shape index (κ2) is 4.06. The Balaban J connectivity index is 3.14. The molecule has 1 aromatic carbocycles. The first-order valence-electron chi connectivity index (χ1n) is 3.77. The third-order valence-electron chi connectivity index (χ3n) is 1.69. The zero-order valence-electron chi connectivity index (χ0n) is 7.48. The van der Waals surface area contributed by atoms with E-state index in [0.717, 1.165) is 0 Å². The van der Waals surface area contributed by atoms with Crippen LogP contribution >= 0.6 is 12.2 Å². The number of nitrogens with two attached hydrogens (primary N) is 1. The van der Waals surface area contributed by atoms with Gasteiger partial charge in [-0.05, 0) is 12.1 Å². The Morgan fingerprint density at radius 3 is 2.64 bits per heavy atom. The summed E-state index contributed by atoms with van der Waals surface area (Å²) in [7, 11) is 1.24. The van der Waals surface area contributed by atoms with E-state index in [1.807, 2.05) is 0 Å². The Kier molecular flexibility index (Phi) is 3.03. The molecule has 0 radical (unpaired) electrons. The van der Waals surface area contributed by atoms with Crippen LogP contribution < -0.4 is 5.73 Å². The van der Waals surface area contributed by atoms with E-state index in [9.17, 15) is 9.90 Å². The number of phenolic OH excluding ortho intramolecular Hbond substituents is 1. The lowest BCUT2D eigenvalue weighted by atomic mass is 10.1. The summed E-state index contributed by atoms with van der Waals surface area (Å²) in [4.78, 5) is 11.2. The maximum Gasteiger partial charge on any atom is 0.341 e. The highest BCUT2D eigenvalue weighted by Gasteiger charge is 2.11. The first-order valence-corrected chi connectivity index (χ1v) is 4.18. The normalized spacial score (nSPS) is 9.50. The van der Waals surface area contributed by atoms with Gasteiger partial charge in [-0.25, -0.2) is 4.79 Å². The minimum Gasteiger partial charge on any atom is -0.507 e. The van der Waals surface area contributed by atoms with Crippen molar-refractivity contribution in [2.75, 3.05) is 7.11 Å². The summed E-state index contributed by atoms with van der Waals surface area (Å²) in [5, 5.41) is 9.43. The number of phenols is 1. The first-order chi connectivity index (χ1) is 6.56. The number of carbonyl (C=O) groups excluding carboxylic acids is 1. The van der Waals surface area contributed by atoms with Crippen molar-refractivity contribution >= 4 is 23.2 Å². The average molecular weight is 211 g/mol. The van der Waals surface area contributed by atoms with Crippen molar-refractivity contribution in [3.05, 3.63) is 29.3 Å². The first kappa shape index (κ1) is 10.5. The number of carbonyl (C=O) groups is 1. The van der Waals surface area contributed by atoms with Crippen LogP contribution in [0.1, 0.15) is 15.9 Å². The van der Waals surface area contributed by atoms with Gasteiger partial charge in [0.25, 0.3) is 0 Å². The van der Waals surface area contributed by atoms with Crippen molar-refractivity contribution in [2.24, 2.45) is 5.73 Å². The fourth-order valence-electron chi connectivity index (χ4n) is 0.967. The minimum atomic E-state index is -0.600. The number of ether oxygens (including phenoxy) is 1. The molecular weight excluding hydrogens is 202 g/mol. The highest BCUT2D eigenvalue weighted by Crippen LogP contribution is 2.19. The summed E-state index contributed by atoms with van der Waals surface area (Å²) < 4.78 is 4.45. The lowest BCUT2D eigenvalue weighted by molar-refractivity contribution is 0.0597. The molecule has 0 bridgehead atoms. The van der Waals surface area contributed by atoms with E-state index >= 15 is 0 Å². The summed E-state index contributed by atoms with van der Waals surface area (Å²) in [6.45, 7) is 0. The summed E-state index contributed by atoms with van der Waals surface area (Å²) in [6, 6.07) is 4.29. The molecule has 0 spiro atoms. The number of hydrogen-bond acceptors (Lipinski definition) is 4. The Morgan fingerprint density at radius 2 is 2.21 bits per heavy atom. The van der Waals surface area contributed by atoms with Crippen molar-refractivity contribution in [3.63, 3.8) is 0 Å². The SMILES string of the molecule is COC(=O)c1ccc(C(N)=S)cc1O. The van der Waals surface area contributed by atoms with Gasteiger partial charge in [0.05, 0.1) is 7.11 Å². The topological polar surface area (TPSA) is 72.5 Å². The highest BCUT2D eigenvalue weighted by atomic mass is 32.1. The van der Waals surface area contributed by atoms with Crippen molar-refractivity contribution < 1.29 is 14.6 Å². The predicted octanol–water partition coefficient (Wildman–Crippen LogP) is 0.813. The molecule has 5 heteroatoms. The summed E-state index contributed by atoms with van der Waals surface area (Å²) in [5.41, 5.74) is 5.94. The monoisotopic (exact) mass is 211 g/mol. The van der Waals surface area contributed by atoms with Crippen LogP contribution in [0.25, 0.3) is 0 Å². The zero-order chi connectivity index (χ0) is 10.7. The molecule has 0 aliphatic carbocycles. The molecule has 74 valence electrons. The van der Waals surface area contributed by atoms with Gasteiger partial charge in [-0.15, -0.1) is 0 Å².